The minimum absolute atomic E-state index is 0.173. The van der Waals surface area contributed by atoms with Gasteiger partial charge < -0.3 is 24.8 Å². The van der Waals surface area contributed by atoms with Crippen molar-refractivity contribution in [1.82, 2.24) is 14.9 Å². The smallest absolute Gasteiger partial charge is 0.221 e. The Morgan fingerprint density at radius 2 is 1.87 bits per heavy atom. The Labute approximate surface area is 234 Å². The number of benzene rings is 2. The topological polar surface area (TPSA) is 71.4 Å². The van der Waals surface area contributed by atoms with Crippen molar-refractivity contribution < 1.29 is 9.53 Å². The van der Waals surface area contributed by atoms with E-state index < -0.39 is 0 Å². The van der Waals surface area contributed by atoms with E-state index in [1.165, 1.54) is 18.2 Å². The van der Waals surface area contributed by atoms with E-state index >= 15 is 0 Å². The first-order valence-electron chi connectivity index (χ1n) is 13.1. The van der Waals surface area contributed by atoms with Gasteiger partial charge in [-0.15, -0.1) is 0 Å². The normalized spacial score (nSPS) is 16.7. The Kier molecular flexibility index (Phi) is 7.39. The van der Waals surface area contributed by atoms with Crippen LogP contribution in [0.3, 0.4) is 0 Å². The Bertz CT molecular complexity index is 1530. The molecule has 0 radical (unpaired) electrons. The number of rotatable bonds is 7. The molecule has 0 bridgehead atoms. The third-order valence-electron chi connectivity index (χ3n) is 7.27. The zero-order chi connectivity index (χ0) is 27.7. The van der Waals surface area contributed by atoms with Crippen molar-refractivity contribution >= 4 is 34.6 Å². The van der Waals surface area contributed by atoms with Gasteiger partial charge in [-0.2, -0.15) is 0 Å². The number of para-hydroxylation sites is 1. The van der Waals surface area contributed by atoms with Gasteiger partial charge in [0.1, 0.15) is 5.75 Å². The number of carbonyl (C=O) groups is 1. The summed E-state index contributed by atoms with van der Waals surface area (Å²) < 4.78 is 7.84. The molecule has 7 nitrogen and oxygen atoms in total. The number of carbonyl (C=O) groups excluding carboxylic acids is 1. The van der Waals surface area contributed by atoms with Gasteiger partial charge in [0.25, 0.3) is 0 Å². The molecule has 2 N–H and O–H groups in total. The van der Waals surface area contributed by atoms with Crippen LogP contribution in [0.25, 0.3) is 5.69 Å². The lowest BCUT2D eigenvalue weighted by molar-refractivity contribution is -0.114. The number of pyridine rings is 1. The molecule has 0 aliphatic carbocycles. The molecule has 5 rings (SSSR count). The summed E-state index contributed by atoms with van der Waals surface area (Å²) in [5, 5.41) is 7.02. The molecule has 1 saturated heterocycles. The molecule has 2 atom stereocenters. The number of thiocarbonyl (C=S) groups is 1. The summed E-state index contributed by atoms with van der Waals surface area (Å²) in [6, 6.07) is 22.1. The first-order chi connectivity index (χ1) is 18.8. The lowest BCUT2D eigenvalue weighted by Crippen LogP contribution is -2.29. The Morgan fingerprint density at radius 3 is 2.56 bits per heavy atom. The number of aryl methyl sites for hydroxylation is 2. The molecule has 200 valence electrons. The van der Waals surface area contributed by atoms with Crippen molar-refractivity contribution in [3.05, 3.63) is 101 Å². The quantitative estimate of drug-likeness (QED) is 0.273. The van der Waals surface area contributed by atoms with E-state index in [0.29, 0.717) is 16.5 Å². The van der Waals surface area contributed by atoms with Crippen LogP contribution in [0.1, 0.15) is 54.1 Å². The second-order valence-corrected chi connectivity index (χ2v) is 10.1. The van der Waals surface area contributed by atoms with Gasteiger partial charge in [-0.25, -0.2) is 0 Å². The van der Waals surface area contributed by atoms with Crippen molar-refractivity contribution in [3.8, 4) is 11.4 Å². The predicted octanol–water partition coefficient (Wildman–Crippen LogP) is 6.20. The molecule has 1 aliphatic rings. The van der Waals surface area contributed by atoms with Crippen LogP contribution < -0.4 is 20.3 Å². The number of methoxy groups -OCH3 is 1. The SMILES string of the molecule is CCc1ccccc1-n1c(C)cc([C@@H]2[C@H](c3ccccn3)NC(=S)N2c2ccc(OC)c(NC(C)=O)c2)c1C. The minimum Gasteiger partial charge on any atom is -0.495 e. The lowest BCUT2D eigenvalue weighted by Gasteiger charge is -2.29. The van der Waals surface area contributed by atoms with Gasteiger partial charge in [-0.05, 0) is 86.1 Å². The van der Waals surface area contributed by atoms with Crippen LogP contribution in [0.4, 0.5) is 11.4 Å². The fourth-order valence-electron chi connectivity index (χ4n) is 5.57. The molecule has 1 fully saturated rings. The predicted molar refractivity (Wildman–Crippen MR) is 160 cm³/mol. The highest BCUT2D eigenvalue weighted by Crippen LogP contribution is 2.45. The maximum atomic E-state index is 11.9. The zero-order valence-corrected chi connectivity index (χ0v) is 23.7. The van der Waals surface area contributed by atoms with E-state index in [1.807, 2.05) is 42.6 Å². The molecule has 4 aromatic rings. The molecule has 3 heterocycles. The van der Waals surface area contributed by atoms with Crippen LogP contribution in [0.2, 0.25) is 0 Å². The number of amides is 1. The first-order valence-corrected chi connectivity index (χ1v) is 13.5. The lowest BCUT2D eigenvalue weighted by atomic mass is 9.96. The molecule has 0 spiro atoms. The fourth-order valence-corrected chi connectivity index (χ4v) is 5.91. The minimum atomic E-state index is -0.181. The molecule has 0 unspecified atom stereocenters. The third kappa shape index (κ3) is 4.88. The highest BCUT2D eigenvalue weighted by atomic mass is 32.1. The second-order valence-electron chi connectivity index (χ2n) is 9.71. The van der Waals surface area contributed by atoms with Gasteiger partial charge in [-0.1, -0.05) is 31.2 Å². The number of hydrogen-bond acceptors (Lipinski definition) is 4. The highest BCUT2D eigenvalue weighted by Gasteiger charge is 2.42. The second kappa shape index (κ2) is 10.9. The number of ether oxygens (including phenoxy) is 1. The van der Waals surface area contributed by atoms with E-state index in [1.54, 1.807) is 7.11 Å². The Hall–Kier alpha value is -4.17. The number of hydrogen-bond donors (Lipinski definition) is 2. The van der Waals surface area contributed by atoms with Gasteiger partial charge in [0.2, 0.25) is 5.91 Å². The third-order valence-corrected chi connectivity index (χ3v) is 7.59. The van der Waals surface area contributed by atoms with Crippen molar-refractivity contribution in [1.29, 1.82) is 0 Å². The van der Waals surface area contributed by atoms with Gasteiger partial charge >= 0.3 is 0 Å². The van der Waals surface area contributed by atoms with Gasteiger partial charge in [0.15, 0.2) is 5.11 Å². The van der Waals surface area contributed by atoms with Gasteiger partial charge in [0, 0.05) is 35.9 Å². The molecule has 2 aromatic carbocycles. The number of nitrogens with one attached hydrogen (secondary N) is 2. The van der Waals surface area contributed by atoms with Crippen LogP contribution in [-0.2, 0) is 11.2 Å². The summed E-state index contributed by atoms with van der Waals surface area (Å²) >= 11 is 5.95. The number of anilines is 2. The average Bonchev–Trinajstić information content (AvgIpc) is 3.43. The fraction of sp³-hybridized carbons (Fsp3) is 0.258. The summed E-state index contributed by atoms with van der Waals surface area (Å²) in [4.78, 5) is 18.8. The summed E-state index contributed by atoms with van der Waals surface area (Å²) in [5.41, 5.74) is 8.26. The maximum absolute atomic E-state index is 11.9. The molecular weight excluding hydrogens is 506 g/mol. The van der Waals surface area contributed by atoms with Gasteiger partial charge in [0.05, 0.1) is 30.6 Å². The number of aromatic nitrogens is 2. The first kappa shape index (κ1) is 26.4. The number of nitrogens with zero attached hydrogens (tertiary/aromatic N) is 3. The van der Waals surface area contributed by atoms with Crippen LogP contribution >= 0.6 is 12.2 Å². The Balaban J connectivity index is 1.69. The van der Waals surface area contributed by atoms with Crippen LogP contribution in [0, 0.1) is 13.8 Å². The summed E-state index contributed by atoms with van der Waals surface area (Å²) in [6.07, 6.45) is 2.75. The summed E-state index contributed by atoms with van der Waals surface area (Å²) in [6.45, 7) is 7.98. The summed E-state index contributed by atoms with van der Waals surface area (Å²) in [5.74, 6) is 0.410. The van der Waals surface area contributed by atoms with Crippen LogP contribution in [0.15, 0.2) is 72.9 Å². The van der Waals surface area contributed by atoms with Crippen molar-refractivity contribution in [3.63, 3.8) is 0 Å². The largest absolute Gasteiger partial charge is 0.495 e. The van der Waals surface area contributed by atoms with Crippen molar-refractivity contribution in [2.45, 2.75) is 46.2 Å². The molecule has 39 heavy (non-hydrogen) atoms. The Morgan fingerprint density at radius 1 is 1.10 bits per heavy atom. The van der Waals surface area contributed by atoms with Crippen molar-refractivity contribution in [2.24, 2.45) is 0 Å². The molecule has 1 amide bonds. The van der Waals surface area contributed by atoms with E-state index in [9.17, 15) is 4.79 Å². The van der Waals surface area contributed by atoms with Gasteiger partial charge in [-0.3, -0.25) is 9.78 Å². The molecular formula is C31H33N5O2S. The van der Waals surface area contributed by atoms with E-state index in [2.05, 4.69) is 71.2 Å². The van der Waals surface area contributed by atoms with Crippen LogP contribution in [0.5, 0.6) is 5.75 Å². The standard InChI is InChI=1S/C31H33N5O2S/c1-6-22-11-7-8-13-27(22)35-19(2)17-24(20(35)3)30-29(25-12-9-10-16-32-25)34-31(39)36(30)23-14-15-28(38-5)26(18-23)33-21(4)37/h7-18,29-30H,6H2,1-5H3,(H,33,37)(H,34,39)/t29-,30+/m0/s1. The monoisotopic (exact) mass is 539 g/mol. The average molecular weight is 540 g/mol. The maximum Gasteiger partial charge on any atom is 0.221 e. The molecule has 1 aliphatic heterocycles. The van der Waals surface area contributed by atoms with Crippen LogP contribution in [-0.4, -0.2) is 27.7 Å². The van der Waals surface area contributed by atoms with Crippen molar-refractivity contribution in [2.75, 3.05) is 17.3 Å². The highest BCUT2D eigenvalue weighted by molar-refractivity contribution is 7.80. The molecule has 2 aromatic heterocycles. The molecule has 8 heteroatoms. The van der Waals surface area contributed by atoms with E-state index in [0.717, 1.165) is 34.8 Å². The van der Waals surface area contributed by atoms with E-state index in [-0.39, 0.29) is 18.0 Å². The zero-order valence-electron chi connectivity index (χ0n) is 22.9. The van der Waals surface area contributed by atoms with E-state index in [4.69, 9.17) is 21.9 Å². The summed E-state index contributed by atoms with van der Waals surface area (Å²) in [7, 11) is 1.59. The molecule has 0 saturated carbocycles.